The van der Waals surface area contributed by atoms with Crippen molar-refractivity contribution in [1.82, 2.24) is 4.89 Å². The fourth-order valence-corrected chi connectivity index (χ4v) is 3.46. The lowest BCUT2D eigenvalue weighted by Crippen LogP contribution is -2.35. The van der Waals surface area contributed by atoms with Crippen molar-refractivity contribution in [2.24, 2.45) is 5.92 Å². The molecule has 0 radical (unpaired) electrons. The number of ether oxygens (including phenoxy) is 1. The lowest BCUT2D eigenvalue weighted by atomic mass is 9.82. The Bertz CT molecular complexity index is 696. The van der Waals surface area contributed by atoms with E-state index in [9.17, 15) is 13.2 Å². The highest BCUT2D eigenvalue weighted by atomic mass is 32.2. The summed E-state index contributed by atoms with van der Waals surface area (Å²) in [5.41, 5.74) is 0.367. The Balaban J connectivity index is 1.74. The van der Waals surface area contributed by atoms with Crippen LogP contribution in [0.4, 0.5) is 0 Å². The zero-order valence-electron chi connectivity index (χ0n) is 12.5. The predicted molar refractivity (Wildman–Crippen MR) is 81.7 cm³/mol. The summed E-state index contributed by atoms with van der Waals surface area (Å²) in [6.45, 7) is 0. The summed E-state index contributed by atoms with van der Waals surface area (Å²) in [5, 5.41) is 0. The minimum atomic E-state index is -4.47. The molecule has 0 saturated heterocycles. The van der Waals surface area contributed by atoms with Crippen molar-refractivity contribution in [3.63, 3.8) is 0 Å². The van der Waals surface area contributed by atoms with Gasteiger partial charge in [-0.15, -0.1) is 0 Å². The van der Waals surface area contributed by atoms with Gasteiger partial charge in [0, 0.05) is 6.42 Å². The second kappa shape index (κ2) is 6.46. The predicted octanol–water partition coefficient (Wildman–Crippen LogP) is 2.29. The highest BCUT2D eigenvalue weighted by Gasteiger charge is 2.33. The summed E-state index contributed by atoms with van der Waals surface area (Å²) >= 11 is 0. The van der Waals surface area contributed by atoms with E-state index in [1.54, 1.807) is 6.07 Å². The molecule has 1 aromatic carbocycles. The van der Waals surface area contributed by atoms with Crippen LogP contribution in [0.2, 0.25) is 0 Å². The van der Waals surface area contributed by atoms with Crippen molar-refractivity contribution in [3.05, 3.63) is 23.8 Å². The van der Waals surface area contributed by atoms with E-state index in [1.165, 1.54) is 36.3 Å². The topological polar surface area (TPSA) is 102 Å². The number of Topliss-reactive ketones (excluding diaryl/α,β-unsaturated/α-hetero) is 1. The van der Waals surface area contributed by atoms with Crippen LogP contribution in [-0.2, 0) is 10.3 Å². The van der Waals surface area contributed by atoms with Crippen molar-refractivity contribution in [2.75, 3.05) is 0 Å². The van der Waals surface area contributed by atoms with Gasteiger partial charge in [0.05, 0.1) is 5.56 Å². The molecule has 1 aromatic rings. The summed E-state index contributed by atoms with van der Waals surface area (Å²) in [4.78, 5) is 18.6. The highest BCUT2D eigenvalue weighted by Crippen LogP contribution is 2.37. The van der Waals surface area contributed by atoms with E-state index in [-0.39, 0.29) is 17.6 Å². The third-order valence-electron chi connectivity index (χ3n) is 4.36. The Kier molecular flexibility index (Phi) is 4.56. The van der Waals surface area contributed by atoms with Crippen LogP contribution >= 0.6 is 0 Å². The number of rotatable bonds is 4. The molecule has 0 spiro atoms. The average molecular weight is 341 g/mol. The third kappa shape index (κ3) is 4.01. The quantitative estimate of drug-likeness (QED) is 0.643. The number of carbonyl (C=O) groups is 1. The first-order chi connectivity index (χ1) is 10.9. The molecule has 3 rings (SSSR count). The maximum absolute atomic E-state index is 12.4. The van der Waals surface area contributed by atoms with Gasteiger partial charge in [-0.05, 0) is 41.8 Å². The van der Waals surface area contributed by atoms with Gasteiger partial charge in [-0.25, -0.2) is 0 Å². The molecule has 0 amide bonds. The van der Waals surface area contributed by atoms with Gasteiger partial charge >= 0.3 is 10.3 Å². The normalized spacial score (nSPS) is 22.3. The summed E-state index contributed by atoms with van der Waals surface area (Å²) in [6.07, 6.45) is 6.03. The standard InChI is InChI=1S/C15H19NO6S/c17-13-9-15(10-4-2-1-3-5-10)21-14-7-6-11(8-12(13)14)22-16-23(18,19)20/h6-8,10,15-16H,1-5,9H2,(H,18,19,20). The van der Waals surface area contributed by atoms with Crippen molar-refractivity contribution >= 4 is 16.1 Å². The number of ketones is 1. The smallest absolute Gasteiger partial charge is 0.364 e. The first-order valence-electron chi connectivity index (χ1n) is 7.67. The molecule has 1 aliphatic heterocycles. The van der Waals surface area contributed by atoms with E-state index in [4.69, 9.17) is 14.1 Å². The zero-order chi connectivity index (χ0) is 16.4. The van der Waals surface area contributed by atoms with Crippen LogP contribution in [-0.4, -0.2) is 24.9 Å². The molecule has 8 heteroatoms. The molecule has 7 nitrogen and oxygen atoms in total. The molecule has 2 N–H and O–H groups in total. The minimum Gasteiger partial charge on any atom is -0.489 e. The van der Waals surface area contributed by atoms with Crippen LogP contribution in [0, 0.1) is 5.92 Å². The zero-order valence-corrected chi connectivity index (χ0v) is 13.3. The fourth-order valence-electron chi connectivity index (χ4n) is 3.26. The molecule has 1 unspecified atom stereocenters. The number of hydrogen-bond donors (Lipinski definition) is 2. The highest BCUT2D eigenvalue weighted by molar-refractivity contribution is 7.83. The Labute approximate surface area is 134 Å². The SMILES string of the molecule is O=C1CC(C2CCCCC2)Oc2ccc(ONS(=O)(=O)O)cc21. The number of hydrogen-bond acceptors (Lipinski definition) is 5. The van der Waals surface area contributed by atoms with E-state index in [0.717, 1.165) is 12.8 Å². The van der Waals surface area contributed by atoms with Crippen LogP contribution in [0.25, 0.3) is 0 Å². The molecule has 23 heavy (non-hydrogen) atoms. The van der Waals surface area contributed by atoms with Gasteiger partial charge in [-0.3, -0.25) is 9.35 Å². The fraction of sp³-hybridized carbons (Fsp3) is 0.533. The van der Waals surface area contributed by atoms with E-state index in [2.05, 4.69) is 0 Å². The second-order valence-electron chi connectivity index (χ2n) is 6.00. The van der Waals surface area contributed by atoms with E-state index < -0.39 is 10.3 Å². The first kappa shape index (κ1) is 16.2. The molecule has 0 bridgehead atoms. The van der Waals surface area contributed by atoms with E-state index in [1.807, 2.05) is 0 Å². The molecule has 0 aromatic heterocycles. The lowest BCUT2D eigenvalue weighted by molar-refractivity contribution is 0.0654. The molecular formula is C15H19NO6S. The number of carbonyl (C=O) groups excluding carboxylic acids is 1. The molecule has 126 valence electrons. The number of nitrogens with one attached hydrogen (secondary N) is 1. The summed E-state index contributed by atoms with van der Waals surface area (Å²) in [5.74, 6) is 0.975. The van der Waals surface area contributed by atoms with Crippen LogP contribution in [0.15, 0.2) is 18.2 Å². The number of fused-ring (bicyclic) bond motifs is 1. The largest absolute Gasteiger partial charge is 0.489 e. The minimum absolute atomic E-state index is 0.0425. The first-order valence-corrected chi connectivity index (χ1v) is 9.11. The van der Waals surface area contributed by atoms with Crippen LogP contribution in [0.3, 0.4) is 0 Å². The molecule has 1 atom stereocenters. The maximum atomic E-state index is 12.4. The van der Waals surface area contributed by atoms with Gasteiger partial charge in [0.15, 0.2) is 5.78 Å². The van der Waals surface area contributed by atoms with Gasteiger partial charge in [-0.1, -0.05) is 19.3 Å². The van der Waals surface area contributed by atoms with E-state index >= 15 is 0 Å². The maximum Gasteiger partial charge on any atom is 0.364 e. The van der Waals surface area contributed by atoms with Crippen LogP contribution < -0.4 is 14.5 Å². The molecule has 1 fully saturated rings. The van der Waals surface area contributed by atoms with Crippen LogP contribution in [0.5, 0.6) is 11.5 Å². The molecular weight excluding hydrogens is 322 g/mol. The summed E-state index contributed by atoms with van der Waals surface area (Å²) in [7, 11) is -4.47. The van der Waals surface area contributed by atoms with Crippen molar-refractivity contribution in [1.29, 1.82) is 0 Å². The molecule has 1 saturated carbocycles. The van der Waals surface area contributed by atoms with Crippen LogP contribution in [0.1, 0.15) is 48.9 Å². The van der Waals surface area contributed by atoms with Gasteiger partial charge < -0.3 is 9.57 Å². The Morgan fingerprint density at radius 3 is 2.65 bits per heavy atom. The molecule has 1 aliphatic carbocycles. The molecule has 1 heterocycles. The van der Waals surface area contributed by atoms with Gasteiger partial charge in [0.1, 0.15) is 17.6 Å². The summed E-state index contributed by atoms with van der Waals surface area (Å²) in [6, 6.07) is 4.48. The Morgan fingerprint density at radius 1 is 1.22 bits per heavy atom. The van der Waals surface area contributed by atoms with Gasteiger partial charge in [0.25, 0.3) is 0 Å². The Hall–Kier alpha value is -1.64. The van der Waals surface area contributed by atoms with Crippen molar-refractivity contribution < 1.29 is 27.3 Å². The van der Waals surface area contributed by atoms with Crippen molar-refractivity contribution in [2.45, 2.75) is 44.6 Å². The van der Waals surface area contributed by atoms with Gasteiger partial charge in [0.2, 0.25) is 0 Å². The van der Waals surface area contributed by atoms with E-state index in [0.29, 0.717) is 23.7 Å². The average Bonchev–Trinajstić information content (AvgIpc) is 2.53. The lowest BCUT2D eigenvalue weighted by Gasteiger charge is -2.33. The molecule has 2 aliphatic rings. The third-order valence-corrected chi connectivity index (χ3v) is 4.65. The Morgan fingerprint density at radius 2 is 1.96 bits per heavy atom. The summed E-state index contributed by atoms with van der Waals surface area (Å²) < 4.78 is 35.8. The van der Waals surface area contributed by atoms with Gasteiger partial charge in [-0.2, -0.15) is 8.42 Å². The number of benzene rings is 1. The second-order valence-corrected chi connectivity index (χ2v) is 7.12. The van der Waals surface area contributed by atoms with Crippen molar-refractivity contribution in [3.8, 4) is 11.5 Å². The monoisotopic (exact) mass is 341 g/mol.